The Morgan fingerprint density at radius 2 is 0.925 bits per heavy atom. The van der Waals surface area contributed by atoms with E-state index in [0.29, 0.717) is 0 Å². The SMILES string of the molecule is COCCOP1(OCCOC)=NP(OCCOC)(OCCOC)=NP(OCCOC)(OCC2CC3C=CC2O3)=N1. The van der Waals surface area contributed by atoms with Crippen LogP contribution in [0.15, 0.2) is 25.7 Å². The number of nitrogens with zero attached hydrogens (tertiary/aromatic N) is 3. The molecule has 1 fully saturated rings. The van der Waals surface area contributed by atoms with Crippen LogP contribution in [-0.4, -0.2) is 120 Å². The molecule has 4 atom stereocenters. The van der Waals surface area contributed by atoms with E-state index in [-0.39, 0.29) is 90.8 Å². The molecule has 4 unspecified atom stereocenters. The fourth-order valence-electron chi connectivity index (χ4n) is 3.82. The van der Waals surface area contributed by atoms with Crippen molar-refractivity contribution in [2.75, 3.05) is 108 Å². The summed E-state index contributed by atoms with van der Waals surface area (Å²) in [6.45, 7) is 2.41. The Bertz CT molecular complexity index is 902. The molecule has 0 aromatic carbocycles. The third-order valence-electron chi connectivity index (χ3n) is 5.72. The maximum Gasteiger partial charge on any atom is 0.349 e. The van der Waals surface area contributed by atoms with Crippen molar-refractivity contribution in [3.8, 4) is 0 Å². The Labute approximate surface area is 237 Å². The Balaban J connectivity index is 2.09. The lowest BCUT2D eigenvalue weighted by Gasteiger charge is -2.33. The van der Waals surface area contributed by atoms with Crippen molar-refractivity contribution in [2.45, 2.75) is 18.6 Å². The maximum absolute atomic E-state index is 6.53. The lowest BCUT2D eigenvalue weighted by molar-refractivity contribution is 0.0934. The van der Waals surface area contributed by atoms with Crippen molar-refractivity contribution in [1.82, 2.24) is 0 Å². The van der Waals surface area contributed by atoms with Gasteiger partial charge in [0.05, 0.1) is 84.9 Å². The minimum Gasteiger partial charge on any atom is -0.382 e. The van der Waals surface area contributed by atoms with Crippen molar-refractivity contribution in [3.05, 3.63) is 12.2 Å². The molecule has 15 nitrogen and oxygen atoms in total. The van der Waals surface area contributed by atoms with Gasteiger partial charge in [0.15, 0.2) is 0 Å². The zero-order valence-electron chi connectivity index (χ0n) is 24.0. The summed E-state index contributed by atoms with van der Waals surface area (Å²) in [5.74, 6) is 0.107. The van der Waals surface area contributed by atoms with Crippen LogP contribution >= 0.6 is 23.0 Å². The summed E-state index contributed by atoms with van der Waals surface area (Å²) in [6.07, 6.45) is 5.00. The predicted octanol–water partition coefficient (Wildman–Crippen LogP) is 4.51. The normalized spacial score (nSPS) is 27.9. The highest BCUT2D eigenvalue weighted by Gasteiger charge is 2.45. The highest BCUT2D eigenvalue weighted by molar-refractivity contribution is 7.78. The molecule has 2 bridgehead atoms. The van der Waals surface area contributed by atoms with Gasteiger partial charge in [-0.05, 0) is 6.42 Å². The third-order valence-corrected chi connectivity index (χ3v) is 14.2. The van der Waals surface area contributed by atoms with Gasteiger partial charge in [-0.15, -0.1) is 13.5 Å². The summed E-state index contributed by atoms with van der Waals surface area (Å²) in [4.78, 5) is 0. The first kappa shape index (κ1) is 34.4. The molecule has 0 aromatic rings. The molecule has 3 aliphatic heterocycles. The quantitative estimate of drug-likeness (QED) is 0.0884. The molecule has 3 aliphatic rings. The molecule has 40 heavy (non-hydrogen) atoms. The van der Waals surface area contributed by atoms with Gasteiger partial charge in [0.25, 0.3) is 0 Å². The van der Waals surface area contributed by atoms with Gasteiger partial charge in [0, 0.05) is 41.5 Å². The number of hydrogen-bond acceptors (Lipinski definition) is 15. The van der Waals surface area contributed by atoms with E-state index in [1.165, 1.54) is 0 Å². The Kier molecular flexibility index (Phi) is 15.4. The van der Waals surface area contributed by atoms with Crippen LogP contribution < -0.4 is 0 Å². The van der Waals surface area contributed by atoms with Gasteiger partial charge in [0.1, 0.15) is 0 Å². The van der Waals surface area contributed by atoms with Crippen LogP contribution in [0, 0.1) is 5.92 Å². The lowest BCUT2D eigenvalue weighted by Crippen LogP contribution is -2.19. The van der Waals surface area contributed by atoms with Crippen LogP contribution in [0.2, 0.25) is 0 Å². The largest absolute Gasteiger partial charge is 0.382 e. The molecule has 0 N–H and O–H groups in total. The first-order valence-corrected chi connectivity index (χ1v) is 17.6. The molecule has 1 saturated heterocycles. The molecule has 3 rings (SSSR count). The van der Waals surface area contributed by atoms with Crippen molar-refractivity contribution in [2.24, 2.45) is 19.5 Å². The molecule has 0 spiro atoms. The van der Waals surface area contributed by atoms with Gasteiger partial charge in [-0.2, -0.15) is 0 Å². The molecule has 18 heteroatoms. The summed E-state index contributed by atoms with van der Waals surface area (Å²) >= 11 is 0. The van der Waals surface area contributed by atoms with Crippen LogP contribution in [0.1, 0.15) is 6.42 Å². The number of methoxy groups -OCH3 is 5. The van der Waals surface area contributed by atoms with Crippen LogP contribution in [0.5, 0.6) is 0 Å². The van der Waals surface area contributed by atoms with Crippen LogP contribution in [0.3, 0.4) is 0 Å². The summed E-state index contributed by atoms with van der Waals surface area (Å²) < 4.78 is 84.5. The second-order valence-electron chi connectivity index (χ2n) is 8.69. The second-order valence-corrected chi connectivity index (χ2v) is 15.3. The monoisotopic (exact) mass is 635 g/mol. The average molecular weight is 636 g/mol. The molecule has 0 radical (unpaired) electrons. The van der Waals surface area contributed by atoms with Gasteiger partial charge >= 0.3 is 23.0 Å². The molecular weight excluding hydrogens is 591 g/mol. The zero-order valence-corrected chi connectivity index (χ0v) is 26.6. The van der Waals surface area contributed by atoms with Gasteiger partial charge < -0.3 is 55.6 Å². The minimum absolute atomic E-state index is 0.0376. The van der Waals surface area contributed by atoms with E-state index in [4.69, 9.17) is 69.1 Å². The van der Waals surface area contributed by atoms with Crippen molar-refractivity contribution >= 4 is 23.0 Å². The number of hydrogen-bond donors (Lipinski definition) is 0. The first-order chi connectivity index (χ1) is 19.5. The standard InChI is InChI=1S/C22H44N3O12P3/c1-26-8-13-31-38(32-14-9-27-2)23-39(33-15-10-28-3,34-16-11-29-4)25-40(24-38,35-17-12-30-5)36-19-20-18-21-6-7-22(20)37-21/h6-7,20-22H,8-19H2,1-5H3. The molecule has 234 valence electrons. The van der Waals surface area contributed by atoms with Crippen LogP contribution in [0.25, 0.3) is 0 Å². The summed E-state index contributed by atoms with van der Waals surface area (Å²) in [7, 11) is -2.60. The average Bonchev–Trinajstić information content (AvgIpc) is 3.57. The molecule has 3 heterocycles. The molecule has 0 aliphatic carbocycles. The van der Waals surface area contributed by atoms with Crippen molar-refractivity contribution in [1.29, 1.82) is 0 Å². The smallest absolute Gasteiger partial charge is 0.349 e. The van der Waals surface area contributed by atoms with Crippen LogP contribution in [0.4, 0.5) is 0 Å². The predicted molar refractivity (Wildman–Crippen MR) is 149 cm³/mol. The number of fused-ring (bicyclic) bond motifs is 2. The van der Waals surface area contributed by atoms with E-state index in [2.05, 4.69) is 12.2 Å². The molecule has 0 aromatic heterocycles. The topological polar surface area (TPSA) is 148 Å². The zero-order chi connectivity index (χ0) is 28.7. The van der Waals surface area contributed by atoms with Gasteiger partial charge in [-0.1, -0.05) is 12.2 Å². The van der Waals surface area contributed by atoms with Crippen LogP contribution in [-0.2, 0) is 55.6 Å². The maximum atomic E-state index is 6.53. The number of ether oxygens (including phenoxy) is 6. The fourth-order valence-corrected chi connectivity index (χ4v) is 13.3. The van der Waals surface area contributed by atoms with E-state index >= 15 is 0 Å². The minimum atomic E-state index is -3.50. The van der Waals surface area contributed by atoms with Gasteiger partial charge in [-0.3, -0.25) is 0 Å². The first-order valence-electron chi connectivity index (χ1n) is 13.0. The lowest BCUT2D eigenvalue weighted by atomic mass is 9.95. The van der Waals surface area contributed by atoms with Gasteiger partial charge in [0.2, 0.25) is 0 Å². The Morgan fingerprint density at radius 3 is 1.23 bits per heavy atom. The van der Waals surface area contributed by atoms with Crippen molar-refractivity contribution in [3.63, 3.8) is 0 Å². The van der Waals surface area contributed by atoms with Crippen molar-refractivity contribution < 1.29 is 55.6 Å². The summed E-state index contributed by atoms with van der Waals surface area (Å²) in [5, 5.41) is 0. The van der Waals surface area contributed by atoms with E-state index < -0.39 is 23.0 Å². The molecule has 0 saturated carbocycles. The Hall–Kier alpha value is -0.0500. The van der Waals surface area contributed by atoms with E-state index in [1.54, 1.807) is 35.5 Å². The second kappa shape index (κ2) is 17.9. The Morgan fingerprint density at radius 1 is 0.550 bits per heavy atom. The number of rotatable bonds is 23. The fraction of sp³-hybridized carbons (Fsp3) is 0.909. The van der Waals surface area contributed by atoms with E-state index in [0.717, 1.165) is 6.42 Å². The van der Waals surface area contributed by atoms with E-state index in [9.17, 15) is 0 Å². The van der Waals surface area contributed by atoms with Gasteiger partial charge in [-0.25, -0.2) is 0 Å². The molecular formula is C22H44N3O12P3. The third kappa shape index (κ3) is 10.3. The highest BCUT2D eigenvalue weighted by atomic mass is 31.3. The molecule has 0 amide bonds. The highest BCUT2D eigenvalue weighted by Crippen LogP contribution is 2.80. The summed E-state index contributed by atoms with van der Waals surface area (Å²) in [6, 6.07) is 0. The van der Waals surface area contributed by atoms with E-state index in [1.807, 2.05) is 0 Å². The summed E-state index contributed by atoms with van der Waals surface area (Å²) in [5.41, 5.74) is 0.